The van der Waals surface area contributed by atoms with Gasteiger partial charge in [-0.2, -0.15) is 8.78 Å². The van der Waals surface area contributed by atoms with Crippen LogP contribution in [0.15, 0.2) is 42.7 Å². The van der Waals surface area contributed by atoms with Crippen LogP contribution in [-0.2, 0) is 6.54 Å². The van der Waals surface area contributed by atoms with Crippen molar-refractivity contribution in [2.45, 2.75) is 58.3 Å². The lowest BCUT2D eigenvalue weighted by Gasteiger charge is -2.44. The molecule has 2 fully saturated rings. The summed E-state index contributed by atoms with van der Waals surface area (Å²) in [5, 5.41) is 3.13. The van der Waals surface area contributed by atoms with E-state index in [-0.39, 0.29) is 23.9 Å². The molecule has 2 aliphatic rings. The highest BCUT2D eigenvalue weighted by Crippen LogP contribution is 2.23. The van der Waals surface area contributed by atoms with Crippen molar-refractivity contribution in [2.75, 3.05) is 37.6 Å². The van der Waals surface area contributed by atoms with E-state index >= 15 is 0 Å². The van der Waals surface area contributed by atoms with Crippen LogP contribution in [0.2, 0.25) is 0 Å². The van der Waals surface area contributed by atoms with Gasteiger partial charge in [0.05, 0.1) is 12.4 Å². The molecule has 8 nitrogen and oxygen atoms in total. The summed E-state index contributed by atoms with van der Waals surface area (Å²) < 4.78 is 29.0. The number of piperidine rings is 1. The average Bonchev–Trinajstić information content (AvgIpc) is 2.85. The lowest BCUT2D eigenvalue weighted by atomic mass is 9.93. The summed E-state index contributed by atoms with van der Waals surface area (Å²) >= 11 is 0. The second-order valence-corrected chi connectivity index (χ2v) is 9.83. The third-order valence-corrected chi connectivity index (χ3v) is 7.06. The minimum absolute atomic E-state index is 0.0437. The van der Waals surface area contributed by atoms with Crippen molar-refractivity contribution in [3.8, 4) is 5.75 Å². The number of carbonyl (C=O) groups excluding carboxylic acids is 1. The van der Waals surface area contributed by atoms with Crippen LogP contribution in [0.3, 0.4) is 0 Å². The molecule has 1 aromatic heterocycles. The third kappa shape index (κ3) is 7.02. The Labute approximate surface area is 211 Å². The summed E-state index contributed by atoms with van der Waals surface area (Å²) in [6.45, 7) is 6.09. The zero-order valence-electron chi connectivity index (χ0n) is 21.0. The van der Waals surface area contributed by atoms with Crippen molar-refractivity contribution in [1.29, 1.82) is 0 Å². The highest BCUT2D eigenvalue weighted by Gasteiger charge is 2.34. The van der Waals surface area contributed by atoms with Crippen LogP contribution in [-0.4, -0.2) is 77.2 Å². The van der Waals surface area contributed by atoms with Gasteiger partial charge in [-0.3, -0.25) is 4.90 Å². The van der Waals surface area contributed by atoms with Crippen LogP contribution >= 0.6 is 0 Å². The molecule has 36 heavy (non-hydrogen) atoms. The minimum atomic E-state index is -2.91. The van der Waals surface area contributed by atoms with Gasteiger partial charge in [-0.25, -0.2) is 14.8 Å². The van der Waals surface area contributed by atoms with E-state index in [1.807, 2.05) is 23.6 Å². The van der Waals surface area contributed by atoms with Crippen molar-refractivity contribution in [3.05, 3.63) is 48.3 Å². The zero-order valence-corrected chi connectivity index (χ0v) is 21.0. The summed E-state index contributed by atoms with van der Waals surface area (Å²) in [5.74, 6) is 1.00. The Kier molecular flexibility index (Phi) is 8.90. The molecular weight excluding hydrogens is 466 g/mol. The number of carbonyl (C=O) groups is 1. The number of halogens is 2. The lowest BCUT2D eigenvalue weighted by Crippen LogP contribution is -2.61. The van der Waals surface area contributed by atoms with Gasteiger partial charge < -0.3 is 19.9 Å². The van der Waals surface area contributed by atoms with E-state index in [2.05, 4.69) is 55.3 Å². The molecule has 10 heteroatoms. The van der Waals surface area contributed by atoms with Crippen molar-refractivity contribution in [3.63, 3.8) is 0 Å². The van der Waals surface area contributed by atoms with Gasteiger partial charge in [0, 0.05) is 38.3 Å². The van der Waals surface area contributed by atoms with Crippen molar-refractivity contribution < 1.29 is 18.3 Å². The van der Waals surface area contributed by atoms with Gasteiger partial charge in [0.25, 0.3) is 0 Å². The number of rotatable bonds is 8. The Morgan fingerprint density at radius 3 is 2.33 bits per heavy atom. The summed E-state index contributed by atoms with van der Waals surface area (Å²) in [6, 6.07) is 10.5. The Bertz CT molecular complexity index is 945. The van der Waals surface area contributed by atoms with Crippen molar-refractivity contribution in [2.24, 2.45) is 5.92 Å². The second kappa shape index (κ2) is 12.3. The van der Waals surface area contributed by atoms with Crippen molar-refractivity contribution >= 4 is 12.0 Å². The molecule has 2 saturated heterocycles. The number of benzene rings is 1. The number of nitrogens with zero attached hydrogens (tertiary/aromatic N) is 5. The first kappa shape index (κ1) is 26.1. The molecule has 2 amide bonds. The standard InChI is InChI=1S/C26H36F2N6O2/c1-19-16-33(25-30-14-23(15-31-25)36-24(27)28)17-20(2)34(19)26(35)29-11-8-21-9-12-32(13-10-21)18-22-6-4-3-5-7-22/h3-7,14-15,19-21,24H,8-13,16-18H2,1-2H3,(H,29,35). The van der Waals surface area contributed by atoms with E-state index in [1.54, 1.807) is 0 Å². The second-order valence-electron chi connectivity index (χ2n) is 9.83. The lowest BCUT2D eigenvalue weighted by molar-refractivity contribution is -0.0503. The summed E-state index contributed by atoms with van der Waals surface area (Å²) in [4.78, 5) is 27.7. The first-order valence-electron chi connectivity index (χ1n) is 12.7. The molecule has 0 saturated carbocycles. The number of alkyl halides is 2. The number of hydrogen-bond donors (Lipinski definition) is 1. The maximum atomic E-state index is 13.0. The molecule has 3 heterocycles. The van der Waals surface area contributed by atoms with E-state index in [9.17, 15) is 13.6 Å². The van der Waals surface area contributed by atoms with Crippen LogP contribution in [0.1, 0.15) is 38.7 Å². The number of hydrogen-bond acceptors (Lipinski definition) is 6. The normalized spacial score (nSPS) is 21.6. The molecule has 0 bridgehead atoms. The van der Waals surface area contributed by atoms with Gasteiger partial charge in [0.2, 0.25) is 5.95 Å². The maximum absolute atomic E-state index is 13.0. The van der Waals surface area contributed by atoms with E-state index in [0.717, 1.165) is 38.9 Å². The van der Waals surface area contributed by atoms with Gasteiger partial charge in [-0.1, -0.05) is 30.3 Å². The minimum Gasteiger partial charge on any atom is -0.432 e. The third-order valence-electron chi connectivity index (χ3n) is 7.06. The summed E-state index contributed by atoms with van der Waals surface area (Å²) in [7, 11) is 0. The molecule has 0 aliphatic carbocycles. The van der Waals surface area contributed by atoms with E-state index in [0.29, 0.717) is 31.5 Å². The molecule has 1 N–H and O–H groups in total. The topological polar surface area (TPSA) is 73.8 Å². The predicted octanol–water partition coefficient (Wildman–Crippen LogP) is 3.99. The number of aromatic nitrogens is 2. The van der Waals surface area contributed by atoms with Crippen LogP contribution in [0.4, 0.5) is 19.5 Å². The number of piperazine rings is 1. The zero-order chi connectivity index (χ0) is 25.5. The number of anilines is 1. The predicted molar refractivity (Wildman–Crippen MR) is 134 cm³/mol. The maximum Gasteiger partial charge on any atom is 0.387 e. The smallest absolute Gasteiger partial charge is 0.387 e. The SMILES string of the molecule is CC1CN(c2ncc(OC(F)F)cn2)CC(C)N1C(=O)NCCC1CCN(Cc2ccccc2)CC1. The van der Waals surface area contributed by atoms with Crippen LogP contribution in [0.25, 0.3) is 0 Å². The van der Waals surface area contributed by atoms with Gasteiger partial charge >= 0.3 is 12.6 Å². The molecular formula is C26H36F2N6O2. The fourth-order valence-corrected chi connectivity index (χ4v) is 5.27. The Hall–Kier alpha value is -3.01. The Balaban J connectivity index is 1.18. The van der Waals surface area contributed by atoms with Gasteiger partial charge in [0.15, 0.2) is 5.75 Å². The Morgan fingerprint density at radius 1 is 1.08 bits per heavy atom. The number of urea groups is 1. The van der Waals surface area contributed by atoms with Crippen LogP contribution < -0.4 is 15.0 Å². The quantitative estimate of drug-likeness (QED) is 0.589. The molecule has 4 rings (SSSR count). The molecule has 2 aliphatic heterocycles. The number of ether oxygens (including phenoxy) is 1. The molecule has 2 unspecified atom stereocenters. The fourth-order valence-electron chi connectivity index (χ4n) is 5.27. The average molecular weight is 503 g/mol. The molecule has 0 spiro atoms. The van der Waals surface area contributed by atoms with Gasteiger partial charge in [0.1, 0.15) is 0 Å². The van der Waals surface area contributed by atoms with E-state index in [4.69, 9.17) is 0 Å². The highest BCUT2D eigenvalue weighted by molar-refractivity contribution is 5.75. The molecule has 1 aromatic carbocycles. The molecule has 2 atom stereocenters. The van der Waals surface area contributed by atoms with Gasteiger partial charge in [-0.05, 0) is 57.7 Å². The van der Waals surface area contributed by atoms with Crippen LogP contribution in [0, 0.1) is 5.92 Å². The van der Waals surface area contributed by atoms with Crippen LogP contribution in [0.5, 0.6) is 5.75 Å². The summed E-state index contributed by atoms with van der Waals surface area (Å²) in [6.07, 6.45) is 5.81. The first-order chi connectivity index (χ1) is 17.4. The largest absolute Gasteiger partial charge is 0.432 e. The molecule has 2 aromatic rings. The Morgan fingerprint density at radius 2 is 1.72 bits per heavy atom. The number of nitrogens with one attached hydrogen (secondary N) is 1. The fraction of sp³-hybridized carbons (Fsp3) is 0.577. The van der Waals surface area contributed by atoms with Gasteiger partial charge in [-0.15, -0.1) is 0 Å². The van der Waals surface area contributed by atoms with E-state index in [1.165, 1.54) is 18.0 Å². The monoisotopic (exact) mass is 502 g/mol. The number of amides is 2. The van der Waals surface area contributed by atoms with E-state index < -0.39 is 6.61 Å². The highest BCUT2D eigenvalue weighted by atomic mass is 19.3. The summed E-state index contributed by atoms with van der Waals surface area (Å²) in [5.41, 5.74) is 1.36. The molecule has 196 valence electrons. The van der Waals surface area contributed by atoms with Crippen molar-refractivity contribution in [1.82, 2.24) is 25.1 Å². The first-order valence-corrected chi connectivity index (χ1v) is 12.7. The molecule has 0 radical (unpaired) electrons. The number of likely N-dealkylation sites (tertiary alicyclic amines) is 1.